The van der Waals surface area contributed by atoms with E-state index in [0.717, 1.165) is 0 Å². The normalized spacial score (nSPS) is 37.6. The minimum absolute atomic E-state index is 0. The molecule has 11 heteroatoms. The molecule has 10 aliphatic rings. The van der Waals surface area contributed by atoms with Crippen molar-refractivity contribution in [1.29, 1.82) is 0 Å². The van der Waals surface area contributed by atoms with Crippen LogP contribution in [0.1, 0.15) is 0 Å². The van der Waals surface area contributed by atoms with Crippen molar-refractivity contribution in [3.05, 3.63) is 87.8 Å². The average molecular weight is 794 g/mol. The Kier molecular flexibility index (Phi) is 17.0. The topological polar surface area (TPSA) is 154 Å². The number of allylic oxidation sites excluding steroid dienone is 12. The minimum atomic E-state index is -0.121. The maximum absolute atomic E-state index is 11.7. The number of Topliss-reactive ketones (excluding diaryl/α,β-unsaturated/α-hetero) is 2. The fourth-order valence-electron chi connectivity index (χ4n) is 8.46. The zero-order valence-corrected chi connectivity index (χ0v) is 29.4. The number of rotatable bonds is 0. The van der Waals surface area contributed by atoms with Gasteiger partial charge in [-0.25, -0.2) is 0 Å². The first-order valence-electron chi connectivity index (χ1n) is 13.4. The molecule has 0 saturated heterocycles. The summed E-state index contributed by atoms with van der Waals surface area (Å²) >= 11 is 0. The van der Waals surface area contributed by atoms with Crippen molar-refractivity contribution < 1.29 is 102 Å². The molecular formula is C35H33CeFeO9. The molecule has 6 saturated carbocycles. The molecule has 0 aromatic rings. The fraction of sp³-hybridized carbons (Fsp3) is 0.343. The summed E-state index contributed by atoms with van der Waals surface area (Å²) in [7, 11) is 0. The van der Waals surface area contributed by atoms with Gasteiger partial charge >= 0.3 is 17.1 Å². The van der Waals surface area contributed by atoms with Crippen molar-refractivity contribution in [3.63, 3.8) is 0 Å². The Labute approximate surface area is 313 Å². The van der Waals surface area contributed by atoms with E-state index in [1.807, 2.05) is 24.3 Å². The number of hydrogen-bond acceptors (Lipinski definition) is 9. The third kappa shape index (κ3) is 6.56. The van der Waals surface area contributed by atoms with Crippen LogP contribution in [0.4, 0.5) is 0 Å². The molecule has 10 aliphatic carbocycles. The van der Waals surface area contributed by atoms with Crippen LogP contribution < -0.4 is 0 Å². The first-order valence-corrected chi connectivity index (χ1v) is 13.4. The number of ketones is 6. The first kappa shape index (κ1) is 43.4. The molecule has 0 amide bonds. The molecule has 1 radical (unpaired) electrons. The number of hydrogen-bond donors (Lipinski definition) is 0. The van der Waals surface area contributed by atoms with Gasteiger partial charge < -0.3 is 29.2 Å². The van der Waals surface area contributed by atoms with Crippen LogP contribution in [0.25, 0.3) is 0 Å². The van der Waals surface area contributed by atoms with E-state index in [2.05, 4.69) is 32.5 Å². The first-order chi connectivity index (χ1) is 20.4. The molecule has 0 spiro atoms. The van der Waals surface area contributed by atoms with Gasteiger partial charge in [0.2, 0.25) is 0 Å². The van der Waals surface area contributed by atoms with Gasteiger partial charge in [-0.15, -0.1) is 0 Å². The van der Waals surface area contributed by atoms with Crippen LogP contribution in [0.3, 0.4) is 0 Å². The van der Waals surface area contributed by atoms with Crippen LogP contribution >= 0.6 is 0 Å². The molecule has 0 aromatic heterocycles. The molecule has 0 aromatic carbocycles. The maximum atomic E-state index is 11.7. The number of fused-ring (bicyclic) bond motifs is 6. The summed E-state index contributed by atoms with van der Waals surface area (Å²) in [5, 5.41) is 0. The van der Waals surface area contributed by atoms with Crippen molar-refractivity contribution in [2.24, 2.45) is 71.0 Å². The summed E-state index contributed by atoms with van der Waals surface area (Å²) in [6, 6.07) is 0. The van der Waals surface area contributed by atoms with Crippen LogP contribution in [-0.2, 0) is 60.2 Å². The van der Waals surface area contributed by atoms with Gasteiger partial charge in [-0.1, -0.05) is 36.5 Å². The van der Waals surface area contributed by atoms with Crippen molar-refractivity contribution in [2.75, 3.05) is 0 Å². The number of carbonyl (C=O) groups is 6. The molecule has 0 bridgehead atoms. The third-order valence-electron chi connectivity index (χ3n) is 10.1. The summed E-state index contributed by atoms with van der Waals surface area (Å²) in [5.41, 5.74) is 0. The second-order valence-electron chi connectivity index (χ2n) is 11.2. The predicted octanol–water partition coefficient (Wildman–Crippen LogP) is 2.30. The molecule has 8 unspecified atom stereocenters. The van der Waals surface area contributed by atoms with Crippen molar-refractivity contribution in [1.82, 2.24) is 0 Å². The quantitative estimate of drug-likeness (QED) is 0.118. The van der Waals surface area contributed by atoms with Gasteiger partial charge in [-0.3, -0.25) is 49.1 Å². The summed E-state index contributed by atoms with van der Waals surface area (Å²) < 4.78 is 0. The SMILES string of the molecule is C1=CC=C1.O=C1C2C3C(=O)C4C1C1C2C3C41.O=C1C=CC(=O)C2C3C=CC3C12.O=C1C=CC(=O)C=C1.[CH-]=O.[CH-]=O.[CH-]=O.[CH3-].[CH3-].[Ce].[Fe+5]. The van der Waals surface area contributed by atoms with E-state index in [9.17, 15) is 28.8 Å². The van der Waals surface area contributed by atoms with Gasteiger partial charge in [-0.2, -0.15) is 0 Å². The van der Waals surface area contributed by atoms with Crippen LogP contribution in [0.5, 0.6) is 0 Å². The minimum Gasteiger partial charge on any atom is -0.545 e. The van der Waals surface area contributed by atoms with E-state index in [0.29, 0.717) is 47.1 Å². The van der Waals surface area contributed by atoms with E-state index >= 15 is 0 Å². The molecule has 0 heterocycles. The van der Waals surface area contributed by atoms with E-state index in [1.165, 1.54) is 36.5 Å². The number of carbonyl (C=O) groups excluding carboxylic acids is 9. The maximum Gasteiger partial charge on any atom is 5.00 e. The summed E-state index contributed by atoms with van der Waals surface area (Å²) in [4.78, 5) is 89.8. The zero-order chi connectivity index (χ0) is 30.9. The summed E-state index contributed by atoms with van der Waals surface area (Å²) in [6.45, 7) is 9.75. The van der Waals surface area contributed by atoms with E-state index in [1.54, 1.807) is 0 Å². The second-order valence-corrected chi connectivity index (χ2v) is 11.2. The largest absolute Gasteiger partial charge is 5.00 e. The van der Waals surface area contributed by atoms with Crippen LogP contribution in [-0.4, -0.2) is 55.1 Å². The fourth-order valence-corrected chi connectivity index (χ4v) is 8.46. The Morgan fingerprint density at radius 2 is 0.652 bits per heavy atom. The van der Waals surface area contributed by atoms with E-state index in [4.69, 9.17) is 14.4 Å². The molecule has 6 fully saturated rings. The molecule has 46 heavy (non-hydrogen) atoms. The monoisotopic (exact) mass is 793 g/mol. The molecule has 0 aliphatic heterocycles. The van der Waals surface area contributed by atoms with Crippen molar-refractivity contribution in [2.45, 2.75) is 0 Å². The Balaban J connectivity index is 0.000000565. The Hall–Kier alpha value is -2.63. The third-order valence-corrected chi connectivity index (χ3v) is 10.1. The average Bonchev–Trinajstić information content (AvgIpc) is 3.23. The standard InChI is InChI=1S/2C10H8O2.C6H4O2.C4H4.3CHO.2CH3.Ce.Fe/c11-9-5-1-2-4-3(1)7(9)8(4)10(12)6(2)5;11-7-3-4-8(12)10-6-2-1-5(6)9(7)10;7-5-1-2-6(8)4-3-5;1-2-4-3-1;3*1-2;;;;/h1-8H;1-6,9-10H;1-4H;1-4H;3*1H;2*1H3;;/q;;;;5*-1;;+5. The molecule has 9 nitrogen and oxygen atoms in total. The molecule has 239 valence electrons. The molecule has 10 rings (SSSR count). The Morgan fingerprint density at radius 1 is 0.413 bits per heavy atom. The zero-order valence-electron chi connectivity index (χ0n) is 25.1. The summed E-state index contributed by atoms with van der Waals surface area (Å²) in [5.74, 6) is 5.46. The summed E-state index contributed by atoms with van der Waals surface area (Å²) in [6.07, 6.45) is 20.0. The van der Waals surface area contributed by atoms with Crippen LogP contribution in [0.2, 0.25) is 0 Å². The van der Waals surface area contributed by atoms with Gasteiger partial charge in [0.05, 0.1) is 0 Å². The Bertz CT molecular complexity index is 1240. The molecule has 8 atom stereocenters. The van der Waals surface area contributed by atoms with Gasteiger partial charge in [-0.05, 0) is 72.0 Å². The Morgan fingerprint density at radius 3 is 0.848 bits per heavy atom. The smallest absolute Gasteiger partial charge is 0.545 e. The van der Waals surface area contributed by atoms with Gasteiger partial charge in [0.25, 0.3) is 0 Å². The van der Waals surface area contributed by atoms with Crippen LogP contribution in [0.15, 0.2) is 72.9 Å². The van der Waals surface area contributed by atoms with Gasteiger partial charge in [0.1, 0.15) is 11.6 Å². The second kappa shape index (κ2) is 18.1. The molecular weight excluding hydrogens is 760 g/mol. The van der Waals surface area contributed by atoms with E-state index < -0.39 is 0 Å². The van der Waals surface area contributed by atoms with Gasteiger partial charge in [0, 0.05) is 77.3 Å². The van der Waals surface area contributed by atoms with Crippen LogP contribution in [0, 0.1) is 128 Å². The predicted molar refractivity (Wildman–Crippen MR) is 160 cm³/mol. The molecule has 0 N–H and O–H groups in total. The van der Waals surface area contributed by atoms with Crippen molar-refractivity contribution in [3.8, 4) is 0 Å². The van der Waals surface area contributed by atoms with Crippen molar-refractivity contribution >= 4 is 55.1 Å². The van der Waals surface area contributed by atoms with Gasteiger partial charge in [0.15, 0.2) is 23.1 Å². The van der Waals surface area contributed by atoms with E-state index in [-0.39, 0.29) is 132 Å².